The monoisotopic (exact) mass is 310 g/mol. The Bertz CT molecular complexity index is 506. The van der Waals surface area contributed by atoms with Gasteiger partial charge in [-0.05, 0) is 39.5 Å². The lowest BCUT2D eigenvalue weighted by molar-refractivity contribution is -0.132. The Balaban J connectivity index is 2.36. The quantitative estimate of drug-likeness (QED) is 0.641. The van der Waals surface area contributed by atoms with E-state index in [1.54, 1.807) is 18.2 Å². The molecule has 1 aromatic carbocycles. The van der Waals surface area contributed by atoms with Gasteiger partial charge in [0.15, 0.2) is 0 Å². The molecule has 2 amide bonds. The highest BCUT2D eigenvalue weighted by molar-refractivity contribution is 9.10. The van der Waals surface area contributed by atoms with Crippen LogP contribution in [0.5, 0.6) is 0 Å². The lowest BCUT2D eigenvalue weighted by atomic mass is 9.81. The highest BCUT2D eigenvalue weighted by atomic mass is 79.9. The van der Waals surface area contributed by atoms with Crippen molar-refractivity contribution < 1.29 is 9.59 Å². The van der Waals surface area contributed by atoms with Gasteiger partial charge in [0.1, 0.15) is 0 Å². The van der Waals surface area contributed by atoms with Gasteiger partial charge < -0.3 is 5.73 Å². The Kier molecular flexibility index (Phi) is 3.19. The summed E-state index contributed by atoms with van der Waals surface area (Å²) in [6.07, 6.45) is 0.751. The topological polar surface area (TPSA) is 63.4 Å². The molecule has 0 radical (unpaired) electrons. The van der Waals surface area contributed by atoms with E-state index in [2.05, 4.69) is 15.9 Å². The fourth-order valence-corrected chi connectivity index (χ4v) is 2.49. The summed E-state index contributed by atoms with van der Waals surface area (Å²) in [4.78, 5) is 25.4. The molecule has 0 saturated carbocycles. The fourth-order valence-electron chi connectivity index (χ4n) is 2.12. The SMILES string of the molecule is CC1(C)CC(=O)N(c2ccc(N)c(Br)c2)C(=O)C1. The number of halogens is 1. The van der Waals surface area contributed by atoms with Crippen LogP contribution in [0.2, 0.25) is 0 Å². The molecule has 1 aliphatic rings. The predicted octanol–water partition coefficient (Wildman–Crippen LogP) is 2.71. The zero-order valence-electron chi connectivity index (χ0n) is 10.4. The standard InChI is InChI=1S/C13H15BrN2O2/c1-13(2)6-11(17)16(12(18)7-13)8-3-4-10(15)9(14)5-8/h3-5H,6-7,15H2,1-2H3. The molecule has 0 bridgehead atoms. The number of anilines is 2. The number of nitrogen functional groups attached to an aromatic ring is 1. The molecule has 0 aromatic heterocycles. The molecule has 1 saturated heterocycles. The van der Waals surface area contributed by atoms with Gasteiger partial charge in [0.25, 0.3) is 0 Å². The summed E-state index contributed by atoms with van der Waals surface area (Å²) in [5.41, 5.74) is 6.59. The molecule has 1 aliphatic heterocycles. The number of benzene rings is 1. The van der Waals surface area contributed by atoms with Crippen LogP contribution in [0, 0.1) is 5.41 Å². The summed E-state index contributed by atoms with van der Waals surface area (Å²) in [5.74, 6) is -0.319. The molecular weight excluding hydrogens is 296 g/mol. The molecule has 0 unspecified atom stereocenters. The Morgan fingerprint density at radius 1 is 1.22 bits per heavy atom. The van der Waals surface area contributed by atoms with E-state index in [1.165, 1.54) is 4.90 Å². The molecule has 4 nitrogen and oxygen atoms in total. The van der Waals surface area contributed by atoms with Crippen molar-refractivity contribution in [2.24, 2.45) is 5.41 Å². The van der Waals surface area contributed by atoms with Gasteiger partial charge in [-0.15, -0.1) is 0 Å². The van der Waals surface area contributed by atoms with Crippen LogP contribution in [0.1, 0.15) is 26.7 Å². The number of rotatable bonds is 1. The van der Waals surface area contributed by atoms with Crippen LogP contribution >= 0.6 is 15.9 Å². The van der Waals surface area contributed by atoms with E-state index in [9.17, 15) is 9.59 Å². The van der Waals surface area contributed by atoms with Gasteiger partial charge in [0.2, 0.25) is 11.8 Å². The molecule has 1 fully saturated rings. The summed E-state index contributed by atoms with van der Waals surface area (Å²) in [5, 5.41) is 0. The summed E-state index contributed by atoms with van der Waals surface area (Å²) in [7, 11) is 0. The van der Waals surface area contributed by atoms with E-state index < -0.39 is 0 Å². The van der Waals surface area contributed by atoms with Crippen molar-refractivity contribution in [2.75, 3.05) is 10.6 Å². The zero-order chi connectivity index (χ0) is 13.5. The van der Waals surface area contributed by atoms with Gasteiger partial charge in [0.05, 0.1) is 5.69 Å². The van der Waals surface area contributed by atoms with Gasteiger partial charge in [-0.1, -0.05) is 13.8 Å². The van der Waals surface area contributed by atoms with Crippen LogP contribution in [0.4, 0.5) is 11.4 Å². The van der Waals surface area contributed by atoms with Gasteiger partial charge in [-0.25, -0.2) is 0 Å². The summed E-state index contributed by atoms with van der Waals surface area (Å²) >= 11 is 3.30. The smallest absolute Gasteiger partial charge is 0.234 e. The Morgan fingerprint density at radius 3 is 2.28 bits per heavy atom. The fraction of sp³-hybridized carbons (Fsp3) is 0.385. The highest BCUT2D eigenvalue weighted by Gasteiger charge is 2.38. The van der Waals surface area contributed by atoms with E-state index >= 15 is 0 Å². The maximum absolute atomic E-state index is 12.1. The number of carbonyl (C=O) groups excluding carboxylic acids is 2. The highest BCUT2D eigenvalue weighted by Crippen LogP contribution is 2.35. The van der Waals surface area contributed by atoms with Crippen molar-refractivity contribution in [1.29, 1.82) is 0 Å². The second kappa shape index (κ2) is 4.39. The average molecular weight is 311 g/mol. The molecule has 96 valence electrons. The molecule has 1 aromatic rings. The first-order chi connectivity index (χ1) is 8.30. The van der Waals surface area contributed by atoms with Gasteiger partial charge in [-0.2, -0.15) is 0 Å². The molecule has 18 heavy (non-hydrogen) atoms. The van der Waals surface area contributed by atoms with Crippen molar-refractivity contribution in [2.45, 2.75) is 26.7 Å². The first-order valence-electron chi connectivity index (χ1n) is 5.71. The van der Waals surface area contributed by atoms with Crippen molar-refractivity contribution in [3.05, 3.63) is 22.7 Å². The molecule has 2 rings (SSSR count). The Labute approximate surface area is 114 Å². The molecule has 1 heterocycles. The summed E-state index contributed by atoms with van der Waals surface area (Å²) < 4.78 is 0.686. The van der Waals surface area contributed by atoms with Crippen LogP contribution in [-0.2, 0) is 9.59 Å². The minimum atomic E-state index is -0.254. The third-order valence-electron chi connectivity index (χ3n) is 3.00. The number of nitrogens with zero attached hydrogens (tertiary/aromatic N) is 1. The van der Waals surface area contributed by atoms with E-state index in [-0.39, 0.29) is 17.2 Å². The number of imide groups is 1. The van der Waals surface area contributed by atoms with E-state index in [1.807, 2.05) is 13.8 Å². The Morgan fingerprint density at radius 2 is 1.78 bits per heavy atom. The number of hydrogen-bond acceptors (Lipinski definition) is 3. The summed E-state index contributed by atoms with van der Waals surface area (Å²) in [6, 6.07) is 5.07. The van der Waals surface area contributed by atoms with Gasteiger partial charge in [0, 0.05) is 23.0 Å². The van der Waals surface area contributed by atoms with Crippen LogP contribution in [0.25, 0.3) is 0 Å². The van der Waals surface area contributed by atoms with Crippen LogP contribution in [0.15, 0.2) is 22.7 Å². The molecule has 2 N–H and O–H groups in total. The zero-order valence-corrected chi connectivity index (χ0v) is 12.0. The molecule has 5 heteroatoms. The molecular formula is C13H15BrN2O2. The minimum absolute atomic E-state index is 0.159. The van der Waals surface area contributed by atoms with Gasteiger partial charge in [-0.3, -0.25) is 14.5 Å². The summed E-state index contributed by atoms with van der Waals surface area (Å²) in [6.45, 7) is 3.86. The number of carbonyl (C=O) groups is 2. The lowest BCUT2D eigenvalue weighted by Gasteiger charge is -2.34. The lowest BCUT2D eigenvalue weighted by Crippen LogP contribution is -2.46. The second-order valence-electron chi connectivity index (χ2n) is 5.35. The number of hydrogen-bond donors (Lipinski definition) is 1. The molecule has 0 aliphatic carbocycles. The maximum Gasteiger partial charge on any atom is 0.234 e. The third kappa shape index (κ3) is 2.41. The van der Waals surface area contributed by atoms with Crippen molar-refractivity contribution in [3.8, 4) is 0 Å². The first-order valence-corrected chi connectivity index (χ1v) is 6.50. The average Bonchev–Trinajstić information content (AvgIpc) is 2.20. The molecule has 0 spiro atoms. The number of piperidine rings is 1. The largest absolute Gasteiger partial charge is 0.398 e. The second-order valence-corrected chi connectivity index (χ2v) is 6.20. The van der Waals surface area contributed by atoms with Gasteiger partial charge >= 0.3 is 0 Å². The third-order valence-corrected chi connectivity index (χ3v) is 3.69. The van der Waals surface area contributed by atoms with E-state index in [4.69, 9.17) is 5.73 Å². The van der Waals surface area contributed by atoms with Crippen molar-refractivity contribution in [3.63, 3.8) is 0 Å². The number of amides is 2. The van der Waals surface area contributed by atoms with Crippen molar-refractivity contribution in [1.82, 2.24) is 0 Å². The molecule has 0 atom stereocenters. The van der Waals surface area contributed by atoms with E-state index in [0.717, 1.165) is 0 Å². The van der Waals surface area contributed by atoms with Crippen molar-refractivity contribution >= 4 is 39.1 Å². The van der Waals surface area contributed by atoms with Crippen LogP contribution in [0.3, 0.4) is 0 Å². The normalized spacial score (nSPS) is 19.2. The van der Waals surface area contributed by atoms with Crippen LogP contribution in [-0.4, -0.2) is 11.8 Å². The maximum atomic E-state index is 12.1. The van der Waals surface area contributed by atoms with Crippen LogP contribution < -0.4 is 10.6 Å². The number of nitrogens with two attached hydrogens (primary N) is 1. The van der Waals surface area contributed by atoms with E-state index in [0.29, 0.717) is 28.7 Å². The first kappa shape index (κ1) is 13.1. The predicted molar refractivity (Wildman–Crippen MR) is 74.1 cm³/mol. The Hall–Kier alpha value is -1.36. The minimum Gasteiger partial charge on any atom is -0.398 e.